The Hall–Kier alpha value is -3.82. The maximum absolute atomic E-state index is 14.5. The predicted molar refractivity (Wildman–Crippen MR) is 182 cm³/mol. The largest absolute Gasteiger partial charge is 0.490 e. The minimum Gasteiger partial charge on any atom is -0.475 e. The number of fused-ring (bicyclic) bond motifs is 2. The zero-order chi connectivity index (χ0) is 38.1. The highest BCUT2D eigenvalue weighted by molar-refractivity contribution is 6.30. The number of rotatable bonds is 8. The molecule has 2 aromatic carbocycles. The lowest BCUT2D eigenvalue weighted by molar-refractivity contribution is -0.193. The van der Waals surface area contributed by atoms with Crippen LogP contribution in [-0.2, 0) is 20.8 Å². The number of carbonyl (C=O) groups is 3. The van der Waals surface area contributed by atoms with Gasteiger partial charge in [-0.05, 0) is 87.1 Å². The third-order valence-electron chi connectivity index (χ3n) is 8.89. The number of nitrogens with one attached hydrogen (secondary N) is 2. The Morgan fingerprint density at radius 1 is 0.961 bits per heavy atom. The van der Waals surface area contributed by atoms with Crippen LogP contribution in [0, 0.1) is 11.8 Å². The van der Waals surface area contributed by atoms with E-state index in [0.29, 0.717) is 11.8 Å². The molecule has 282 valence electrons. The lowest BCUT2D eigenvalue weighted by Crippen LogP contribution is -2.53. The molecule has 0 saturated heterocycles. The maximum Gasteiger partial charge on any atom is 0.490 e. The lowest BCUT2D eigenvalue weighted by atomic mass is 9.86. The zero-order valence-electron chi connectivity index (χ0n) is 28.5. The molecule has 1 fully saturated rings. The van der Waals surface area contributed by atoms with E-state index in [-0.39, 0.29) is 17.9 Å². The Balaban J connectivity index is 0.000000424. The van der Waals surface area contributed by atoms with Crippen LogP contribution >= 0.6 is 11.6 Å². The van der Waals surface area contributed by atoms with Gasteiger partial charge in [0.25, 0.3) is 0 Å². The molecule has 1 aliphatic carbocycles. The highest BCUT2D eigenvalue weighted by atomic mass is 35.5. The topological polar surface area (TPSA) is 126 Å². The first-order valence-corrected chi connectivity index (χ1v) is 16.8. The second kappa shape index (κ2) is 18.1. The molecule has 0 radical (unpaired) electrons. The van der Waals surface area contributed by atoms with Gasteiger partial charge in [0.05, 0.1) is 6.04 Å². The van der Waals surface area contributed by atoms with Crippen LogP contribution in [0.1, 0.15) is 56.1 Å². The molecule has 3 aromatic rings. The molecule has 1 saturated carbocycles. The highest BCUT2D eigenvalue weighted by Crippen LogP contribution is 2.35. The van der Waals surface area contributed by atoms with Crippen molar-refractivity contribution in [3.05, 3.63) is 64.8 Å². The summed E-state index contributed by atoms with van der Waals surface area (Å²) in [5.41, 5.74) is 4.50. The molecule has 2 unspecified atom stereocenters. The van der Waals surface area contributed by atoms with Crippen molar-refractivity contribution in [2.75, 3.05) is 38.6 Å². The summed E-state index contributed by atoms with van der Waals surface area (Å²) in [6.45, 7) is 4.77. The van der Waals surface area contributed by atoms with Gasteiger partial charge < -0.3 is 30.3 Å². The number of H-pyrrole nitrogens is 1. The Bertz CT molecular complexity index is 1600. The number of aliphatic carboxylic acids is 2. The number of alkyl halides is 6. The van der Waals surface area contributed by atoms with Crippen molar-refractivity contribution in [3.8, 4) is 0 Å². The van der Waals surface area contributed by atoms with Crippen LogP contribution in [0.3, 0.4) is 0 Å². The molecule has 4 N–H and O–H groups in total. The predicted octanol–water partition coefficient (Wildman–Crippen LogP) is 7.50. The average molecular weight is 749 g/mol. The summed E-state index contributed by atoms with van der Waals surface area (Å²) >= 11 is 6.40. The van der Waals surface area contributed by atoms with E-state index in [1.54, 1.807) is 0 Å². The van der Waals surface area contributed by atoms with Gasteiger partial charge in [-0.3, -0.25) is 4.79 Å². The quantitative estimate of drug-likeness (QED) is 0.176. The van der Waals surface area contributed by atoms with E-state index in [1.807, 2.05) is 23.1 Å². The SMILES string of the molecule is CC(c1c[nH]c2ccccc12)C(NCC1CCCCC1)C(=O)N1C[C@@H](CN(C)C)Cc2cc(Cl)ccc21.O=C(O)C(F)(F)F.O=C(O)C(F)(F)F. The number of amides is 1. The standard InChI is InChI=1S/C31H41ClN4O.2C2HF3O2/c1-21(27-18-33-28-12-8-7-11-26(27)28)30(34-17-22-9-5-4-6-10-22)31(37)36-20-23(19-35(2)3)15-24-16-25(32)13-14-29(24)36;2*3-2(4,5)1(6)7/h7-8,11-14,16,18,21-23,30,33-34H,4-6,9-10,15,17,19-20H2,1-3H3;2*(H,6,7)/t21?,23-,30?;;/m1../s1. The van der Waals surface area contributed by atoms with Gasteiger partial charge in [-0.2, -0.15) is 26.3 Å². The first-order chi connectivity index (χ1) is 23.8. The number of halogens is 7. The minimum atomic E-state index is -5.08. The number of nitrogens with zero attached hydrogens (tertiary/aromatic N) is 2. The van der Waals surface area contributed by atoms with Crippen molar-refractivity contribution in [1.29, 1.82) is 0 Å². The third kappa shape index (κ3) is 12.1. The summed E-state index contributed by atoms with van der Waals surface area (Å²) in [6.07, 6.45) is -0.681. The molecule has 1 aromatic heterocycles. The Labute approximate surface area is 296 Å². The van der Waals surface area contributed by atoms with Crippen molar-refractivity contribution in [1.82, 2.24) is 15.2 Å². The Kier molecular flexibility index (Phi) is 14.8. The number of aromatic nitrogens is 1. The molecule has 16 heteroatoms. The smallest absolute Gasteiger partial charge is 0.475 e. The number of carboxylic acid groups (broad SMARTS) is 2. The fraction of sp³-hybridized carbons (Fsp3) is 0.514. The number of hydrogen-bond acceptors (Lipinski definition) is 5. The first kappa shape index (κ1) is 41.6. The fourth-order valence-corrected chi connectivity index (χ4v) is 6.74. The molecular formula is C35H43ClF6N4O5. The van der Waals surface area contributed by atoms with Crippen molar-refractivity contribution in [2.45, 2.75) is 69.8 Å². The number of carboxylic acids is 2. The van der Waals surface area contributed by atoms with Gasteiger partial charge in [0.1, 0.15) is 0 Å². The summed E-state index contributed by atoms with van der Waals surface area (Å²) in [4.78, 5) is 40.0. The Morgan fingerprint density at radius 3 is 2.12 bits per heavy atom. The molecular weight excluding hydrogens is 706 g/mol. The van der Waals surface area contributed by atoms with Gasteiger partial charge in [-0.15, -0.1) is 0 Å². The van der Waals surface area contributed by atoms with E-state index in [4.69, 9.17) is 31.4 Å². The van der Waals surface area contributed by atoms with Gasteiger partial charge in [-0.25, -0.2) is 9.59 Å². The maximum atomic E-state index is 14.5. The van der Waals surface area contributed by atoms with E-state index < -0.39 is 24.3 Å². The minimum absolute atomic E-state index is 0.0252. The molecule has 51 heavy (non-hydrogen) atoms. The second-order valence-corrected chi connectivity index (χ2v) is 13.6. The molecule has 2 aliphatic rings. The van der Waals surface area contributed by atoms with Crippen LogP contribution in [0.25, 0.3) is 10.9 Å². The third-order valence-corrected chi connectivity index (χ3v) is 9.12. The molecule has 1 aliphatic heterocycles. The number of benzene rings is 2. The van der Waals surface area contributed by atoms with E-state index in [1.165, 1.54) is 48.6 Å². The van der Waals surface area contributed by atoms with Crippen molar-refractivity contribution >= 4 is 46.0 Å². The average Bonchev–Trinajstić information content (AvgIpc) is 3.48. The first-order valence-electron chi connectivity index (χ1n) is 16.4. The number of aromatic amines is 1. The number of hydrogen-bond donors (Lipinski definition) is 4. The van der Waals surface area contributed by atoms with Crippen LogP contribution in [0.5, 0.6) is 0 Å². The molecule has 3 atom stereocenters. The fourth-order valence-electron chi connectivity index (χ4n) is 6.54. The van der Waals surface area contributed by atoms with Crippen LogP contribution in [-0.4, -0.2) is 90.1 Å². The van der Waals surface area contributed by atoms with E-state index in [2.05, 4.69) is 66.7 Å². The second-order valence-electron chi connectivity index (χ2n) is 13.1. The van der Waals surface area contributed by atoms with E-state index in [9.17, 15) is 31.1 Å². The van der Waals surface area contributed by atoms with Crippen LogP contribution < -0.4 is 10.2 Å². The van der Waals surface area contributed by atoms with Crippen LogP contribution in [0.2, 0.25) is 5.02 Å². The normalized spacial score (nSPS) is 17.8. The summed E-state index contributed by atoms with van der Waals surface area (Å²) in [7, 11) is 4.21. The van der Waals surface area contributed by atoms with E-state index >= 15 is 0 Å². The number of anilines is 1. The van der Waals surface area contributed by atoms with E-state index in [0.717, 1.165) is 42.3 Å². The molecule has 5 rings (SSSR count). The molecule has 9 nitrogen and oxygen atoms in total. The lowest BCUT2D eigenvalue weighted by Gasteiger charge is -2.39. The summed E-state index contributed by atoms with van der Waals surface area (Å²) in [5, 5.41) is 20.0. The van der Waals surface area contributed by atoms with Crippen molar-refractivity contribution in [3.63, 3.8) is 0 Å². The van der Waals surface area contributed by atoms with Gasteiger partial charge in [0.15, 0.2) is 0 Å². The Morgan fingerprint density at radius 2 is 1.55 bits per heavy atom. The van der Waals surface area contributed by atoms with Crippen molar-refractivity contribution in [2.24, 2.45) is 11.8 Å². The van der Waals surface area contributed by atoms with Crippen LogP contribution in [0.15, 0.2) is 48.7 Å². The number of carbonyl (C=O) groups excluding carboxylic acids is 1. The number of para-hydroxylation sites is 1. The van der Waals surface area contributed by atoms with Crippen LogP contribution in [0.4, 0.5) is 32.0 Å². The summed E-state index contributed by atoms with van der Waals surface area (Å²) < 4.78 is 63.5. The monoisotopic (exact) mass is 748 g/mol. The zero-order valence-corrected chi connectivity index (χ0v) is 29.2. The molecule has 2 heterocycles. The van der Waals surface area contributed by atoms with Gasteiger partial charge in [0.2, 0.25) is 5.91 Å². The van der Waals surface area contributed by atoms with Gasteiger partial charge in [0, 0.05) is 46.8 Å². The summed E-state index contributed by atoms with van der Waals surface area (Å²) in [5.74, 6) is -4.31. The van der Waals surface area contributed by atoms with Crippen molar-refractivity contribution < 1.29 is 50.9 Å². The van der Waals surface area contributed by atoms with Gasteiger partial charge in [-0.1, -0.05) is 56.0 Å². The summed E-state index contributed by atoms with van der Waals surface area (Å²) in [6, 6.07) is 14.1. The molecule has 0 bridgehead atoms. The highest BCUT2D eigenvalue weighted by Gasteiger charge is 2.39. The van der Waals surface area contributed by atoms with Gasteiger partial charge >= 0.3 is 24.3 Å². The molecule has 0 spiro atoms. The molecule has 1 amide bonds.